The fraction of sp³-hybridized carbons (Fsp3) is 0.480. The summed E-state index contributed by atoms with van der Waals surface area (Å²) in [5, 5.41) is 5.98. The lowest BCUT2D eigenvalue weighted by Gasteiger charge is -2.33. The molecule has 1 fully saturated rings. The maximum Gasteiger partial charge on any atom is 0.414 e. The molecule has 0 spiro atoms. The number of benzene rings is 1. The van der Waals surface area contributed by atoms with Crippen LogP contribution in [0.5, 0.6) is 0 Å². The number of anilines is 1. The Hall–Kier alpha value is -3.10. The number of hydrogen-bond donors (Lipinski definition) is 2. The van der Waals surface area contributed by atoms with E-state index in [0.29, 0.717) is 10.6 Å². The van der Waals surface area contributed by atoms with Crippen LogP contribution < -0.4 is 10.6 Å². The number of alkyl halides is 3. The number of pyridine rings is 1. The zero-order valence-corrected chi connectivity index (χ0v) is 19.4. The summed E-state index contributed by atoms with van der Waals surface area (Å²) in [5.74, 6) is -1.53. The number of nitrogens with one attached hydrogen (secondary N) is 2. The zero-order valence-electron chi connectivity index (χ0n) is 19.4. The lowest BCUT2D eigenvalue weighted by molar-refractivity contribution is -0.191. The van der Waals surface area contributed by atoms with Gasteiger partial charge in [-0.15, -0.1) is 0 Å². The average molecular weight is 475 g/mol. The molecule has 1 aromatic carbocycles. The Labute approximate surface area is 196 Å². The van der Waals surface area contributed by atoms with Gasteiger partial charge in [-0.2, -0.15) is 13.2 Å². The third kappa shape index (κ3) is 4.60. The van der Waals surface area contributed by atoms with E-state index in [4.69, 9.17) is 0 Å². The Balaban J connectivity index is 1.50. The van der Waals surface area contributed by atoms with Crippen molar-refractivity contribution in [3.63, 3.8) is 0 Å². The second-order valence-electron chi connectivity index (χ2n) is 9.68. The summed E-state index contributed by atoms with van der Waals surface area (Å²) in [7, 11) is 1.14. The third-order valence-electron chi connectivity index (χ3n) is 7.07. The van der Waals surface area contributed by atoms with E-state index in [-0.39, 0.29) is 42.4 Å². The SMILES string of the molecule is CN(C(=O)C1CCC(=O)NC1)C(c1ccc(NC2Cc3ccccc3C2(C)C)cn1)C(F)(F)F. The summed E-state index contributed by atoms with van der Waals surface area (Å²) < 4.78 is 42.0. The topological polar surface area (TPSA) is 74.3 Å². The largest absolute Gasteiger partial charge is 0.414 e. The molecule has 2 amide bonds. The van der Waals surface area contributed by atoms with E-state index in [1.165, 1.54) is 23.4 Å². The fourth-order valence-electron chi connectivity index (χ4n) is 5.02. The molecule has 182 valence electrons. The zero-order chi connectivity index (χ0) is 24.7. The van der Waals surface area contributed by atoms with Crippen LogP contribution in [0.1, 0.15) is 49.6 Å². The van der Waals surface area contributed by atoms with Crippen LogP contribution in [0.25, 0.3) is 0 Å². The van der Waals surface area contributed by atoms with Gasteiger partial charge in [0, 0.05) is 31.5 Å². The molecule has 3 unspecified atom stereocenters. The van der Waals surface area contributed by atoms with Gasteiger partial charge in [0.1, 0.15) is 0 Å². The lowest BCUT2D eigenvalue weighted by Crippen LogP contribution is -2.47. The van der Waals surface area contributed by atoms with Crippen LogP contribution in [0, 0.1) is 5.92 Å². The van der Waals surface area contributed by atoms with Gasteiger partial charge in [-0.1, -0.05) is 38.1 Å². The van der Waals surface area contributed by atoms with Crippen molar-refractivity contribution in [1.29, 1.82) is 0 Å². The molecular formula is C25H29F3N4O2. The van der Waals surface area contributed by atoms with Crippen molar-refractivity contribution >= 4 is 17.5 Å². The molecule has 2 aliphatic rings. The van der Waals surface area contributed by atoms with Crippen molar-refractivity contribution < 1.29 is 22.8 Å². The molecule has 1 saturated heterocycles. The van der Waals surface area contributed by atoms with Crippen LogP contribution in [-0.2, 0) is 21.4 Å². The minimum atomic E-state index is -4.70. The first kappa shape index (κ1) is 24.0. The van der Waals surface area contributed by atoms with Crippen molar-refractivity contribution in [2.45, 2.75) is 56.8 Å². The van der Waals surface area contributed by atoms with Gasteiger partial charge in [-0.3, -0.25) is 14.6 Å². The van der Waals surface area contributed by atoms with Crippen molar-refractivity contribution in [3.8, 4) is 0 Å². The standard InChI is InChI=1S/C25H29F3N4O2/c1-24(2)18-7-5-4-6-15(18)12-20(24)31-17-9-10-19(29-14-17)22(25(26,27)28)32(3)23(34)16-8-11-21(33)30-13-16/h4-7,9-10,14,16,20,22,31H,8,11-13H2,1-3H3,(H,30,33). The average Bonchev–Trinajstić information content (AvgIpc) is 3.04. The summed E-state index contributed by atoms with van der Waals surface area (Å²) in [4.78, 5) is 28.9. The number of aromatic nitrogens is 1. The van der Waals surface area contributed by atoms with Gasteiger partial charge in [-0.05, 0) is 36.1 Å². The Kier molecular flexibility index (Phi) is 6.31. The van der Waals surface area contributed by atoms with Crippen LogP contribution in [-0.4, -0.2) is 47.5 Å². The highest BCUT2D eigenvalue weighted by Crippen LogP contribution is 2.41. The van der Waals surface area contributed by atoms with Gasteiger partial charge >= 0.3 is 6.18 Å². The molecule has 0 radical (unpaired) electrons. The summed E-state index contributed by atoms with van der Waals surface area (Å²) in [5.41, 5.74) is 2.74. The first-order chi connectivity index (χ1) is 16.0. The summed E-state index contributed by atoms with van der Waals surface area (Å²) in [6.07, 6.45) is -2.13. The second-order valence-corrected chi connectivity index (χ2v) is 9.68. The molecule has 1 aliphatic carbocycles. The monoisotopic (exact) mass is 474 g/mol. The van der Waals surface area contributed by atoms with Crippen molar-refractivity contribution in [1.82, 2.24) is 15.2 Å². The number of nitrogens with zero attached hydrogens (tertiary/aromatic N) is 2. The predicted molar refractivity (Wildman–Crippen MR) is 122 cm³/mol. The van der Waals surface area contributed by atoms with Crippen molar-refractivity contribution in [2.75, 3.05) is 18.9 Å². The van der Waals surface area contributed by atoms with Crippen LogP contribution in [0.3, 0.4) is 0 Å². The molecule has 4 rings (SSSR count). The van der Waals surface area contributed by atoms with Crippen molar-refractivity contribution in [3.05, 3.63) is 59.4 Å². The van der Waals surface area contributed by atoms with E-state index in [2.05, 4.69) is 41.6 Å². The van der Waals surface area contributed by atoms with E-state index < -0.39 is 24.0 Å². The number of amides is 2. The smallest absolute Gasteiger partial charge is 0.380 e. The Morgan fingerprint density at radius 2 is 1.97 bits per heavy atom. The molecule has 1 aliphatic heterocycles. The van der Waals surface area contributed by atoms with Gasteiger partial charge in [0.2, 0.25) is 11.8 Å². The number of piperidine rings is 1. The second kappa shape index (κ2) is 8.92. The molecule has 34 heavy (non-hydrogen) atoms. The molecule has 9 heteroatoms. The highest BCUT2D eigenvalue weighted by atomic mass is 19.4. The minimum absolute atomic E-state index is 0.0441. The van der Waals surface area contributed by atoms with E-state index in [1.54, 1.807) is 6.07 Å². The van der Waals surface area contributed by atoms with E-state index >= 15 is 0 Å². The first-order valence-electron chi connectivity index (χ1n) is 11.4. The fourth-order valence-corrected chi connectivity index (χ4v) is 5.02. The first-order valence-corrected chi connectivity index (χ1v) is 11.4. The number of rotatable bonds is 5. The summed E-state index contributed by atoms with van der Waals surface area (Å²) in [6.45, 7) is 4.33. The maximum atomic E-state index is 14.0. The van der Waals surface area contributed by atoms with Gasteiger partial charge in [0.25, 0.3) is 0 Å². The van der Waals surface area contributed by atoms with E-state index in [0.717, 1.165) is 13.5 Å². The van der Waals surface area contributed by atoms with Crippen molar-refractivity contribution in [2.24, 2.45) is 5.92 Å². The van der Waals surface area contributed by atoms with Crippen LogP contribution in [0.15, 0.2) is 42.6 Å². The van der Waals surface area contributed by atoms with E-state index in [9.17, 15) is 22.8 Å². The highest BCUT2D eigenvalue weighted by Gasteiger charge is 2.47. The van der Waals surface area contributed by atoms with Gasteiger partial charge < -0.3 is 15.5 Å². The highest BCUT2D eigenvalue weighted by molar-refractivity contribution is 5.84. The molecule has 2 heterocycles. The van der Waals surface area contributed by atoms with Crippen LogP contribution >= 0.6 is 0 Å². The molecule has 1 aromatic heterocycles. The molecule has 2 aromatic rings. The summed E-state index contributed by atoms with van der Waals surface area (Å²) >= 11 is 0. The quantitative estimate of drug-likeness (QED) is 0.688. The Morgan fingerprint density at radius 1 is 1.24 bits per heavy atom. The minimum Gasteiger partial charge on any atom is -0.380 e. The van der Waals surface area contributed by atoms with Gasteiger partial charge in [-0.25, -0.2) is 0 Å². The number of hydrogen-bond acceptors (Lipinski definition) is 4. The Morgan fingerprint density at radius 3 is 2.56 bits per heavy atom. The molecule has 2 N–H and O–H groups in total. The van der Waals surface area contributed by atoms with Crippen LogP contribution in [0.2, 0.25) is 0 Å². The molecule has 3 atom stereocenters. The lowest BCUT2D eigenvalue weighted by atomic mass is 9.83. The predicted octanol–water partition coefficient (Wildman–Crippen LogP) is 3.98. The van der Waals surface area contributed by atoms with Crippen LogP contribution in [0.4, 0.5) is 18.9 Å². The third-order valence-corrected chi connectivity index (χ3v) is 7.07. The van der Waals surface area contributed by atoms with Gasteiger partial charge in [0.05, 0.1) is 23.5 Å². The number of halogens is 3. The molecule has 0 bridgehead atoms. The Bertz CT molecular complexity index is 1060. The number of carbonyl (C=O) groups excluding carboxylic acids is 2. The van der Waals surface area contributed by atoms with Gasteiger partial charge in [0.15, 0.2) is 6.04 Å². The number of carbonyl (C=O) groups is 2. The summed E-state index contributed by atoms with van der Waals surface area (Å²) in [6, 6.07) is 9.02. The molecular weight excluding hydrogens is 445 g/mol. The normalized spacial score (nSPS) is 22.5. The maximum absolute atomic E-state index is 14.0. The van der Waals surface area contributed by atoms with E-state index in [1.807, 2.05) is 12.1 Å². The number of fused-ring (bicyclic) bond motifs is 1. The molecule has 6 nitrogen and oxygen atoms in total. The molecule has 0 saturated carbocycles.